The van der Waals surface area contributed by atoms with Gasteiger partial charge in [0, 0.05) is 88.5 Å². The fourth-order valence-corrected chi connectivity index (χ4v) is 14.3. The normalized spacial score (nSPS) is 19.9. The number of amides is 3. The molecule has 21 heteroatoms. The van der Waals surface area contributed by atoms with Crippen LogP contribution in [-0.2, 0) is 27.5 Å². The van der Waals surface area contributed by atoms with Crippen LogP contribution in [0.15, 0.2) is 199 Å². The lowest BCUT2D eigenvalue weighted by Crippen LogP contribution is -2.43. The number of methoxy groups -OCH3 is 2. The number of halogens is 4. The third-order valence-electron chi connectivity index (χ3n) is 19.9. The summed E-state index contributed by atoms with van der Waals surface area (Å²) in [5.74, 6) is 3.59. The van der Waals surface area contributed by atoms with Crippen LogP contribution in [0.1, 0.15) is 102 Å². The first kappa shape index (κ1) is 70.8. The molecule has 528 valence electrons. The van der Waals surface area contributed by atoms with E-state index in [2.05, 4.69) is 71.4 Å². The van der Waals surface area contributed by atoms with Gasteiger partial charge in [-0.3, -0.25) is 14.4 Å². The number of nitrogens with two attached hydrogens (primary N) is 1. The van der Waals surface area contributed by atoms with Gasteiger partial charge >= 0.3 is 0 Å². The molecule has 3 saturated carbocycles. The molecule has 0 spiro atoms. The molecule has 0 unspecified atom stereocenters. The Morgan fingerprint density at radius 2 is 0.853 bits per heavy atom. The van der Waals surface area contributed by atoms with Crippen molar-refractivity contribution in [2.24, 2.45) is 23.5 Å². The van der Waals surface area contributed by atoms with Crippen LogP contribution >= 0.6 is 15.9 Å². The average molecular weight is 1440 g/mol. The molecule has 6 aliphatic rings. The summed E-state index contributed by atoms with van der Waals surface area (Å²) in [6.45, 7) is 5.51. The number of nitrogens with zero attached hydrogens (tertiary/aromatic N) is 8. The molecule has 3 saturated heterocycles. The zero-order valence-electron chi connectivity index (χ0n) is 57.8. The van der Waals surface area contributed by atoms with E-state index < -0.39 is 0 Å². The molecule has 17 rings (SSSR count). The van der Waals surface area contributed by atoms with Crippen LogP contribution in [0.3, 0.4) is 0 Å². The highest BCUT2D eigenvalue weighted by molar-refractivity contribution is 9.10. The smallest absolute Gasteiger partial charge is 0.228 e. The van der Waals surface area contributed by atoms with Gasteiger partial charge in [0.05, 0.1) is 78.5 Å². The van der Waals surface area contributed by atoms with Gasteiger partial charge in [-0.05, 0) is 200 Å². The summed E-state index contributed by atoms with van der Waals surface area (Å²) in [6.07, 6.45) is 17.6. The van der Waals surface area contributed by atoms with Crippen LogP contribution in [-0.4, -0.2) is 97.5 Å². The maximum absolute atomic E-state index is 13.4. The van der Waals surface area contributed by atoms with E-state index in [0.29, 0.717) is 43.7 Å². The Labute approximate surface area is 600 Å². The molecule has 6 fully saturated rings. The highest BCUT2D eigenvalue weighted by Crippen LogP contribution is 2.42. The van der Waals surface area contributed by atoms with Gasteiger partial charge in [0.15, 0.2) is 0 Å². The van der Waals surface area contributed by atoms with Gasteiger partial charge in [-0.2, -0.15) is 15.3 Å². The van der Waals surface area contributed by atoms with Crippen molar-refractivity contribution in [3.63, 3.8) is 0 Å². The van der Waals surface area contributed by atoms with Gasteiger partial charge in [0.25, 0.3) is 0 Å². The summed E-state index contributed by atoms with van der Waals surface area (Å²) < 4.78 is 56.2. The minimum absolute atomic E-state index is 0.0783. The molecule has 3 amide bonds. The summed E-state index contributed by atoms with van der Waals surface area (Å²) >= 11 is 3.42. The van der Waals surface area contributed by atoms with Crippen molar-refractivity contribution in [1.82, 2.24) is 45.3 Å². The van der Waals surface area contributed by atoms with Crippen molar-refractivity contribution in [3.8, 4) is 28.6 Å². The van der Waals surface area contributed by atoms with Crippen molar-refractivity contribution in [2.45, 2.75) is 140 Å². The van der Waals surface area contributed by atoms with Gasteiger partial charge in [0.1, 0.15) is 29.0 Å². The minimum Gasteiger partial charge on any atom is -0.497 e. The second-order valence-corrected chi connectivity index (χ2v) is 28.0. The second kappa shape index (κ2) is 32.1. The zero-order chi connectivity index (χ0) is 71.0. The number of fused-ring (bicyclic) bond motifs is 3. The largest absolute Gasteiger partial charge is 0.497 e. The quantitative estimate of drug-likeness (QED) is 0.0602. The van der Waals surface area contributed by atoms with Gasteiger partial charge in [-0.1, -0.05) is 92.6 Å². The molecule has 102 heavy (non-hydrogen) atoms. The number of aromatic nitrogens is 6. The highest BCUT2D eigenvalue weighted by atomic mass is 79.9. The molecule has 3 aliphatic carbocycles. The van der Waals surface area contributed by atoms with Crippen LogP contribution in [0, 0.1) is 35.2 Å². The number of anilines is 2. The maximum atomic E-state index is 13.4. The van der Waals surface area contributed by atoms with E-state index in [1.807, 2.05) is 103 Å². The third kappa shape index (κ3) is 17.1. The van der Waals surface area contributed by atoms with Crippen LogP contribution in [0.25, 0.3) is 49.8 Å². The van der Waals surface area contributed by atoms with E-state index in [9.17, 15) is 27.6 Å². The number of hydrogen-bond acceptors (Lipinski definition) is 11. The lowest BCUT2D eigenvalue weighted by molar-refractivity contribution is -0.119. The molecule has 6 atom stereocenters. The Kier molecular flexibility index (Phi) is 22.3. The van der Waals surface area contributed by atoms with Crippen molar-refractivity contribution in [2.75, 3.05) is 24.0 Å². The molecule has 3 aliphatic heterocycles. The van der Waals surface area contributed by atoms with Crippen LogP contribution in [0.5, 0.6) is 11.5 Å². The Morgan fingerprint density at radius 1 is 0.471 bits per heavy atom. The molecular formula is C81H86BrF3N12O5. The molecule has 8 aromatic carbocycles. The molecule has 5 N–H and O–H groups in total. The Hall–Kier alpha value is -9.67. The summed E-state index contributed by atoms with van der Waals surface area (Å²) in [6, 6.07) is 53.6. The first-order chi connectivity index (χ1) is 49.7. The van der Waals surface area contributed by atoms with E-state index in [4.69, 9.17) is 15.2 Å². The SMILES string of the molecule is CC.COc1ccc(CN[C@@H]2CC(=O)N(c3ccc4c(cnn4-c4ccc(F)cc4)c3)[C@@H]2CC2CC2)cc1.COc1ccc(CN[C@@H]2CC(=O)N[C@@H]2CC2CC2)cc1.Fc1ccc(-n2ncc3cc(Br)ccc32)cc1.N[C@@H]1CC(=O)N(c2ccc3c(cnn3-c3ccc(F)cc3)c2)[C@@H]1CC1CC1. The fourth-order valence-electron chi connectivity index (χ4n) is 14.0. The van der Waals surface area contributed by atoms with Crippen LogP contribution < -0.4 is 41.0 Å². The highest BCUT2D eigenvalue weighted by Gasteiger charge is 2.44. The monoisotopic (exact) mass is 1440 g/mol. The fraction of sp³-hybridized carbons (Fsp3) is 0.333. The first-order valence-corrected chi connectivity index (χ1v) is 36.2. The van der Waals surface area contributed by atoms with E-state index in [0.717, 1.165) is 109 Å². The molecule has 3 aromatic heterocycles. The Bertz CT molecular complexity index is 4670. The number of nitrogens with one attached hydrogen (secondary N) is 3. The molecule has 0 radical (unpaired) electrons. The number of ether oxygens (including phenoxy) is 2. The van der Waals surface area contributed by atoms with Gasteiger partial charge in [-0.25, -0.2) is 27.2 Å². The van der Waals surface area contributed by atoms with Gasteiger partial charge in [0.2, 0.25) is 17.7 Å². The summed E-state index contributed by atoms with van der Waals surface area (Å²) in [7, 11) is 3.34. The second-order valence-electron chi connectivity index (χ2n) is 27.1. The van der Waals surface area contributed by atoms with Crippen molar-refractivity contribution >= 4 is 77.7 Å². The standard InChI is InChI=1S/C29H29FN4O2.C21H21FN4O.C16H22N2O2.C13H8BrFN2.C2H6/c1-36-25-11-4-20(5-12-25)17-31-26-16-29(35)33(28(26)14-19-2-3-19)24-10-13-27-21(15-24)18-32-34(27)23-8-6-22(30)7-9-23;22-15-3-5-16(6-4-15)26-19-8-7-17(10-14(19)12-24-26)25-20(9-13-1-2-13)18(23)11-21(25)27;1-20-13-6-4-12(5-7-13)10-17-14-9-16(19)18-15(14)8-11-2-3-11;14-10-1-6-13-9(7-10)8-16-17(13)12-4-2-11(15)3-5-12;1-2/h4-13,15,18-19,26,28,31H,2-3,14,16-17H2,1H3;3-8,10,12-13,18,20H,1-2,9,11,23H2;4-7,11,14-15,17H,2-3,8-10H2,1H3,(H,18,19);1-8H;1-2H3/t26-,28-;18-,20-;14-,15-;;/m111../s1. The van der Waals surface area contributed by atoms with Crippen LogP contribution in [0.2, 0.25) is 0 Å². The third-order valence-corrected chi connectivity index (χ3v) is 20.4. The number of carbonyl (C=O) groups is 3. The molecule has 6 heterocycles. The molecule has 17 nitrogen and oxygen atoms in total. The van der Waals surface area contributed by atoms with Crippen molar-refractivity contribution < 1.29 is 37.0 Å². The number of hydrogen-bond donors (Lipinski definition) is 4. The van der Waals surface area contributed by atoms with Crippen LogP contribution in [0.4, 0.5) is 24.5 Å². The summed E-state index contributed by atoms with van der Waals surface area (Å²) in [5, 5.41) is 26.5. The number of rotatable bonds is 19. The lowest BCUT2D eigenvalue weighted by atomic mass is 10.0. The van der Waals surface area contributed by atoms with E-state index in [-0.39, 0.29) is 65.4 Å². The topological polar surface area (TPSA) is 192 Å². The summed E-state index contributed by atoms with van der Waals surface area (Å²) in [4.78, 5) is 41.4. The minimum atomic E-state index is -0.276. The molecular weight excluding hydrogens is 1360 g/mol. The predicted octanol–water partition coefficient (Wildman–Crippen LogP) is 15.4. The zero-order valence-corrected chi connectivity index (χ0v) is 59.4. The number of carbonyl (C=O) groups excluding carboxylic acids is 3. The van der Waals surface area contributed by atoms with E-state index >= 15 is 0 Å². The van der Waals surface area contributed by atoms with Gasteiger partial charge in [-0.15, -0.1) is 0 Å². The number of benzene rings is 8. The first-order valence-electron chi connectivity index (χ1n) is 35.5. The molecule has 0 bridgehead atoms. The average Bonchev–Trinajstić information content (AvgIpc) is 1.63. The van der Waals surface area contributed by atoms with E-state index in [1.54, 1.807) is 83.3 Å². The van der Waals surface area contributed by atoms with E-state index in [1.165, 1.54) is 86.1 Å². The Morgan fingerprint density at radius 3 is 1.29 bits per heavy atom. The Balaban J connectivity index is 0.000000125. The molecule has 11 aromatic rings. The van der Waals surface area contributed by atoms with Crippen molar-refractivity contribution in [1.29, 1.82) is 0 Å². The van der Waals surface area contributed by atoms with Crippen molar-refractivity contribution in [3.05, 3.63) is 228 Å². The predicted molar refractivity (Wildman–Crippen MR) is 398 cm³/mol. The maximum Gasteiger partial charge on any atom is 0.228 e. The van der Waals surface area contributed by atoms with Gasteiger partial charge < -0.3 is 41.0 Å². The lowest BCUT2D eigenvalue weighted by Gasteiger charge is -2.29. The summed E-state index contributed by atoms with van der Waals surface area (Å²) in [5.41, 5.74) is 15.7.